The number of alkyl halides is 1. The van der Waals surface area contributed by atoms with Crippen LogP contribution in [0.2, 0.25) is 0 Å². The Balaban J connectivity index is 3.88. The first-order valence-electron chi connectivity index (χ1n) is 2.18. The maximum atomic E-state index is 10.3. The number of nitrogens with one attached hydrogen (secondary N) is 1. The van der Waals surface area contributed by atoms with E-state index in [4.69, 9.17) is 16.7 Å². The monoisotopic (exact) mass is 151 g/mol. The van der Waals surface area contributed by atoms with Gasteiger partial charge in [0.05, 0.1) is 0 Å². The molecule has 1 unspecified atom stereocenters. The van der Waals surface area contributed by atoms with Crippen molar-refractivity contribution < 1.29 is 14.7 Å². The summed E-state index contributed by atoms with van der Waals surface area (Å²) in [5.74, 6) is -2.04. The Bertz CT molecular complexity index is 136. The first kappa shape index (κ1) is 8.23. The van der Waals surface area contributed by atoms with Crippen LogP contribution in [0.4, 0.5) is 0 Å². The van der Waals surface area contributed by atoms with Crippen molar-refractivity contribution in [2.75, 3.05) is 7.05 Å². The van der Waals surface area contributed by atoms with Crippen LogP contribution >= 0.6 is 11.6 Å². The fourth-order valence-corrected chi connectivity index (χ4v) is 0.348. The van der Waals surface area contributed by atoms with E-state index in [-0.39, 0.29) is 0 Å². The predicted molar refractivity (Wildman–Crippen MR) is 31.3 cm³/mol. The average molecular weight is 152 g/mol. The second-order valence-corrected chi connectivity index (χ2v) is 1.75. The molecule has 4 nitrogen and oxygen atoms in total. The lowest BCUT2D eigenvalue weighted by atomic mass is 10.4. The molecule has 0 radical (unpaired) electrons. The van der Waals surface area contributed by atoms with Gasteiger partial charge in [0.1, 0.15) is 0 Å². The van der Waals surface area contributed by atoms with Crippen LogP contribution < -0.4 is 5.32 Å². The third-order valence-corrected chi connectivity index (χ3v) is 1.08. The number of rotatable bonds is 2. The van der Waals surface area contributed by atoms with E-state index in [1.165, 1.54) is 7.05 Å². The summed E-state index contributed by atoms with van der Waals surface area (Å²) in [5.41, 5.74) is 0. The van der Waals surface area contributed by atoms with Crippen molar-refractivity contribution in [1.29, 1.82) is 0 Å². The zero-order valence-electron chi connectivity index (χ0n) is 4.72. The van der Waals surface area contributed by atoms with Crippen LogP contribution in [0.3, 0.4) is 0 Å². The van der Waals surface area contributed by atoms with Gasteiger partial charge in [-0.05, 0) is 0 Å². The van der Waals surface area contributed by atoms with Gasteiger partial charge in [0.25, 0.3) is 0 Å². The van der Waals surface area contributed by atoms with E-state index in [1.54, 1.807) is 0 Å². The molecule has 0 saturated carbocycles. The van der Waals surface area contributed by atoms with Gasteiger partial charge < -0.3 is 10.4 Å². The number of aliphatic carboxylic acids is 1. The summed E-state index contributed by atoms with van der Waals surface area (Å²) < 4.78 is 0. The summed E-state index contributed by atoms with van der Waals surface area (Å²) in [5, 5.41) is 8.71. The van der Waals surface area contributed by atoms with Crippen molar-refractivity contribution >= 4 is 23.5 Å². The molecule has 0 aromatic rings. The zero-order chi connectivity index (χ0) is 7.44. The molecule has 0 aromatic heterocycles. The molecule has 52 valence electrons. The minimum absolute atomic E-state index is 0.704. The molecule has 9 heavy (non-hydrogen) atoms. The van der Waals surface area contributed by atoms with Crippen molar-refractivity contribution in [3.8, 4) is 0 Å². The Morgan fingerprint density at radius 1 is 1.67 bits per heavy atom. The zero-order valence-corrected chi connectivity index (χ0v) is 5.47. The van der Waals surface area contributed by atoms with E-state index in [9.17, 15) is 9.59 Å². The maximum absolute atomic E-state index is 10.3. The van der Waals surface area contributed by atoms with Crippen molar-refractivity contribution in [2.45, 2.75) is 5.38 Å². The van der Waals surface area contributed by atoms with Crippen LogP contribution in [0.15, 0.2) is 0 Å². The van der Waals surface area contributed by atoms with E-state index in [2.05, 4.69) is 5.32 Å². The Hall–Kier alpha value is -0.770. The lowest BCUT2D eigenvalue weighted by Gasteiger charge is -1.99. The van der Waals surface area contributed by atoms with Crippen LogP contribution in [-0.4, -0.2) is 29.4 Å². The highest BCUT2D eigenvalue weighted by molar-refractivity contribution is 6.40. The number of carboxylic acid groups (broad SMARTS) is 1. The lowest BCUT2D eigenvalue weighted by Crippen LogP contribution is -2.33. The smallest absolute Gasteiger partial charge is 0.331 e. The second-order valence-electron chi connectivity index (χ2n) is 1.32. The Kier molecular flexibility index (Phi) is 3.01. The summed E-state index contributed by atoms with van der Waals surface area (Å²) in [6.07, 6.45) is 0. The van der Waals surface area contributed by atoms with Gasteiger partial charge in [-0.25, -0.2) is 0 Å². The van der Waals surface area contributed by atoms with Gasteiger partial charge in [0.15, 0.2) is 0 Å². The predicted octanol–water partition coefficient (Wildman–Crippen LogP) is -0.576. The number of halogens is 1. The minimum Gasteiger partial charge on any atom is -0.480 e. The van der Waals surface area contributed by atoms with Crippen LogP contribution in [-0.2, 0) is 9.59 Å². The Labute approximate surface area is 56.8 Å². The molecule has 5 heteroatoms. The molecular weight excluding hydrogens is 146 g/mol. The highest BCUT2D eigenvalue weighted by Gasteiger charge is 2.20. The Morgan fingerprint density at radius 2 is 2.11 bits per heavy atom. The van der Waals surface area contributed by atoms with Gasteiger partial charge in [0, 0.05) is 7.05 Å². The van der Waals surface area contributed by atoms with E-state index < -0.39 is 17.3 Å². The van der Waals surface area contributed by atoms with Crippen molar-refractivity contribution in [3.63, 3.8) is 0 Å². The first-order chi connectivity index (χ1) is 4.09. The molecule has 0 aliphatic rings. The van der Waals surface area contributed by atoms with Gasteiger partial charge in [0.2, 0.25) is 11.3 Å². The number of carboxylic acids is 1. The first-order valence-corrected chi connectivity index (χ1v) is 2.61. The standard InChI is InChI=1S/C4H6ClNO3/c1-6-3(7)2(5)4(8)9/h2H,1H3,(H,6,7)(H,8,9). The van der Waals surface area contributed by atoms with E-state index in [0.29, 0.717) is 0 Å². The molecule has 0 aliphatic heterocycles. The molecule has 0 heterocycles. The fourth-order valence-electron chi connectivity index (χ4n) is 0.239. The quantitative estimate of drug-likeness (QED) is 0.410. The number of hydrogen-bond acceptors (Lipinski definition) is 2. The molecule has 2 N–H and O–H groups in total. The molecule has 1 atom stereocenters. The largest absolute Gasteiger partial charge is 0.480 e. The molecule has 0 bridgehead atoms. The second kappa shape index (κ2) is 3.29. The molecule has 0 aromatic carbocycles. The van der Waals surface area contributed by atoms with Gasteiger partial charge in [-0.3, -0.25) is 9.59 Å². The summed E-state index contributed by atoms with van der Waals surface area (Å²) >= 11 is 5.05. The molecule has 0 aliphatic carbocycles. The van der Waals surface area contributed by atoms with E-state index in [1.807, 2.05) is 0 Å². The van der Waals surface area contributed by atoms with Crippen LogP contribution in [0.1, 0.15) is 0 Å². The van der Waals surface area contributed by atoms with Gasteiger partial charge in [-0.15, -0.1) is 0 Å². The molecular formula is C4H6ClNO3. The van der Waals surface area contributed by atoms with E-state index in [0.717, 1.165) is 0 Å². The SMILES string of the molecule is CNC(=O)C(Cl)C(=O)O. The van der Waals surface area contributed by atoms with Crippen molar-refractivity contribution in [3.05, 3.63) is 0 Å². The van der Waals surface area contributed by atoms with E-state index >= 15 is 0 Å². The summed E-state index contributed by atoms with van der Waals surface area (Å²) in [6.45, 7) is 0. The molecule has 0 rings (SSSR count). The highest BCUT2D eigenvalue weighted by atomic mass is 35.5. The topological polar surface area (TPSA) is 66.4 Å². The number of carbonyl (C=O) groups is 2. The van der Waals surface area contributed by atoms with Crippen molar-refractivity contribution in [1.82, 2.24) is 5.32 Å². The molecule has 0 spiro atoms. The van der Waals surface area contributed by atoms with Gasteiger partial charge in [-0.2, -0.15) is 0 Å². The molecule has 0 saturated heterocycles. The summed E-state index contributed by atoms with van der Waals surface area (Å²) in [7, 11) is 1.32. The van der Waals surface area contributed by atoms with Crippen LogP contribution in [0, 0.1) is 0 Å². The maximum Gasteiger partial charge on any atom is 0.331 e. The average Bonchev–Trinajstić information content (AvgIpc) is 1.84. The normalized spacial score (nSPS) is 12.2. The molecule has 0 fully saturated rings. The lowest BCUT2D eigenvalue weighted by molar-refractivity contribution is -0.140. The van der Waals surface area contributed by atoms with Crippen molar-refractivity contribution in [2.24, 2.45) is 0 Å². The molecule has 1 amide bonds. The highest BCUT2D eigenvalue weighted by Crippen LogP contribution is 1.93. The third-order valence-electron chi connectivity index (χ3n) is 0.693. The Morgan fingerprint density at radius 3 is 2.22 bits per heavy atom. The minimum atomic E-state index is -1.48. The van der Waals surface area contributed by atoms with Gasteiger partial charge >= 0.3 is 5.97 Å². The summed E-state index contributed by atoms with van der Waals surface area (Å²) in [4.78, 5) is 20.2. The summed E-state index contributed by atoms with van der Waals surface area (Å²) in [6, 6.07) is 0. The van der Waals surface area contributed by atoms with Crippen LogP contribution in [0.5, 0.6) is 0 Å². The number of hydrogen-bond donors (Lipinski definition) is 2. The van der Waals surface area contributed by atoms with Gasteiger partial charge in [-0.1, -0.05) is 11.6 Å². The third kappa shape index (κ3) is 2.32. The number of carbonyl (C=O) groups excluding carboxylic acids is 1. The fraction of sp³-hybridized carbons (Fsp3) is 0.500. The number of amides is 1. The van der Waals surface area contributed by atoms with Crippen LogP contribution in [0.25, 0.3) is 0 Å².